The Morgan fingerprint density at radius 3 is 2.74 bits per heavy atom. The van der Waals surface area contributed by atoms with Crippen LogP contribution in [-0.2, 0) is 6.42 Å². The molecule has 1 heterocycles. The number of benzene rings is 1. The van der Waals surface area contributed by atoms with Crippen molar-refractivity contribution < 1.29 is 14.3 Å². The summed E-state index contributed by atoms with van der Waals surface area (Å²) in [7, 11) is 0. The number of hydrogen-bond donors (Lipinski definition) is 1. The normalized spacial score (nSPS) is 10.3. The standard InChI is InChI=1S/C18H23NO3S/c1-3-11-22-16-8-7-14(13-17(16)21-4-2)18(20)19-10-9-15-6-5-12-23-15/h5-8,12-13H,3-4,9-11H2,1-2H3,(H,19,20). The van der Waals surface area contributed by atoms with Gasteiger partial charge in [-0.15, -0.1) is 11.3 Å². The molecule has 0 saturated heterocycles. The summed E-state index contributed by atoms with van der Waals surface area (Å²) in [6.07, 6.45) is 1.77. The molecule has 2 rings (SSSR count). The minimum atomic E-state index is -0.0930. The number of rotatable bonds is 9. The summed E-state index contributed by atoms with van der Waals surface area (Å²) in [5.74, 6) is 1.21. The van der Waals surface area contributed by atoms with Crippen LogP contribution in [-0.4, -0.2) is 25.7 Å². The first-order valence-electron chi connectivity index (χ1n) is 7.94. The van der Waals surface area contributed by atoms with Gasteiger partial charge < -0.3 is 14.8 Å². The summed E-state index contributed by atoms with van der Waals surface area (Å²) in [6.45, 7) is 5.75. The van der Waals surface area contributed by atoms with E-state index in [9.17, 15) is 4.79 Å². The molecule has 0 atom stereocenters. The fourth-order valence-corrected chi connectivity index (χ4v) is 2.81. The molecule has 1 amide bonds. The van der Waals surface area contributed by atoms with E-state index in [2.05, 4.69) is 18.3 Å². The van der Waals surface area contributed by atoms with Crippen LogP contribution in [0.15, 0.2) is 35.7 Å². The fourth-order valence-electron chi connectivity index (χ4n) is 2.10. The van der Waals surface area contributed by atoms with E-state index in [-0.39, 0.29) is 5.91 Å². The summed E-state index contributed by atoms with van der Waals surface area (Å²) in [4.78, 5) is 13.5. The SMILES string of the molecule is CCCOc1ccc(C(=O)NCCc2cccs2)cc1OCC. The second-order valence-electron chi connectivity index (χ2n) is 5.03. The van der Waals surface area contributed by atoms with E-state index in [1.54, 1.807) is 29.5 Å². The van der Waals surface area contributed by atoms with Crippen LogP contribution in [0.2, 0.25) is 0 Å². The molecule has 0 radical (unpaired) electrons. The molecule has 0 aliphatic carbocycles. The molecule has 0 spiro atoms. The van der Waals surface area contributed by atoms with E-state index in [1.807, 2.05) is 18.4 Å². The van der Waals surface area contributed by atoms with Gasteiger partial charge >= 0.3 is 0 Å². The zero-order valence-corrected chi connectivity index (χ0v) is 14.4. The Bertz CT molecular complexity index is 611. The molecule has 1 aromatic carbocycles. The molecule has 5 heteroatoms. The van der Waals surface area contributed by atoms with E-state index in [4.69, 9.17) is 9.47 Å². The number of thiophene rings is 1. The topological polar surface area (TPSA) is 47.6 Å². The largest absolute Gasteiger partial charge is 0.490 e. The first-order chi connectivity index (χ1) is 11.2. The summed E-state index contributed by atoms with van der Waals surface area (Å²) < 4.78 is 11.2. The number of hydrogen-bond acceptors (Lipinski definition) is 4. The van der Waals surface area contributed by atoms with Crippen molar-refractivity contribution in [3.63, 3.8) is 0 Å². The van der Waals surface area contributed by atoms with Crippen LogP contribution < -0.4 is 14.8 Å². The highest BCUT2D eigenvalue weighted by Gasteiger charge is 2.11. The Hall–Kier alpha value is -2.01. The maximum absolute atomic E-state index is 12.3. The minimum Gasteiger partial charge on any atom is -0.490 e. The summed E-state index contributed by atoms with van der Waals surface area (Å²) in [6, 6.07) is 9.41. The Kier molecular flexibility index (Phi) is 6.94. The fraction of sp³-hybridized carbons (Fsp3) is 0.389. The highest BCUT2D eigenvalue weighted by Crippen LogP contribution is 2.28. The van der Waals surface area contributed by atoms with Gasteiger partial charge in [0, 0.05) is 17.0 Å². The number of amides is 1. The van der Waals surface area contributed by atoms with Crippen molar-refractivity contribution >= 4 is 17.2 Å². The van der Waals surface area contributed by atoms with Crippen molar-refractivity contribution in [3.8, 4) is 11.5 Å². The second kappa shape index (κ2) is 9.20. The van der Waals surface area contributed by atoms with Crippen molar-refractivity contribution in [2.45, 2.75) is 26.7 Å². The highest BCUT2D eigenvalue weighted by molar-refractivity contribution is 7.09. The van der Waals surface area contributed by atoms with Gasteiger partial charge in [-0.05, 0) is 49.4 Å². The molecular weight excluding hydrogens is 310 g/mol. The van der Waals surface area contributed by atoms with Crippen molar-refractivity contribution in [1.29, 1.82) is 0 Å². The van der Waals surface area contributed by atoms with E-state index >= 15 is 0 Å². The molecular formula is C18H23NO3S. The number of carbonyl (C=O) groups is 1. The highest BCUT2D eigenvalue weighted by atomic mass is 32.1. The molecule has 23 heavy (non-hydrogen) atoms. The number of nitrogens with one attached hydrogen (secondary N) is 1. The predicted octanol–water partition coefficient (Wildman–Crippen LogP) is 3.91. The molecule has 1 aromatic heterocycles. The van der Waals surface area contributed by atoms with Crippen molar-refractivity contribution in [2.75, 3.05) is 19.8 Å². The van der Waals surface area contributed by atoms with Gasteiger partial charge in [0.2, 0.25) is 0 Å². The first kappa shape index (κ1) is 17.3. The van der Waals surface area contributed by atoms with Crippen LogP contribution in [0, 0.1) is 0 Å². The lowest BCUT2D eigenvalue weighted by Gasteiger charge is -2.13. The van der Waals surface area contributed by atoms with E-state index in [0.29, 0.717) is 36.8 Å². The molecule has 0 fully saturated rings. The molecule has 0 bridgehead atoms. The quantitative estimate of drug-likeness (QED) is 0.757. The average molecular weight is 333 g/mol. The first-order valence-corrected chi connectivity index (χ1v) is 8.82. The Balaban J connectivity index is 1.97. The van der Waals surface area contributed by atoms with Gasteiger partial charge in [0.15, 0.2) is 11.5 Å². The minimum absolute atomic E-state index is 0.0930. The van der Waals surface area contributed by atoms with Crippen LogP contribution >= 0.6 is 11.3 Å². The van der Waals surface area contributed by atoms with Gasteiger partial charge in [0.25, 0.3) is 5.91 Å². The van der Waals surface area contributed by atoms with Crippen LogP contribution in [0.5, 0.6) is 11.5 Å². The maximum atomic E-state index is 12.3. The lowest BCUT2D eigenvalue weighted by Crippen LogP contribution is -2.25. The Morgan fingerprint density at radius 2 is 2.04 bits per heavy atom. The van der Waals surface area contributed by atoms with Gasteiger partial charge in [-0.1, -0.05) is 13.0 Å². The van der Waals surface area contributed by atoms with E-state index in [0.717, 1.165) is 12.8 Å². The third kappa shape index (κ3) is 5.28. The van der Waals surface area contributed by atoms with Gasteiger partial charge in [-0.25, -0.2) is 0 Å². The van der Waals surface area contributed by atoms with Crippen LogP contribution in [0.3, 0.4) is 0 Å². The molecule has 2 aromatic rings. The summed E-state index contributed by atoms with van der Waals surface area (Å²) >= 11 is 1.70. The van der Waals surface area contributed by atoms with Gasteiger partial charge in [-0.2, -0.15) is 0 Å². The molecule has 124 valence electrons. The van der Waals surface area contributed by atoms with E-state index in [1.165, 1.54) is 4.88 Å². The molecule has 0 unspecified atom stereocenters. The average Bonchev–Trinajstić information content (AvgIpc) is 3.07. The second-order valence-corrected chi connectivity index (χ2v) is 6.06. The lowest BCUT2D eigenvalue weighted by atomic mass is 10.2. The number of ether oxygens (including phenoxy) is 2. The van der Waals surface area contributed by atoms with Crippen molar-refractivity contribution in [2.24, 2.45) is 0 Å². The van der Waals surface area contributed by atoms with Crippen LogP contribution in [0.4, 0.5) is 0 Å². The smallest absolute Gasteiger partial charge is 0.251 e. The molecule has 0 aliphatic heterocycles. The lowest BCUT2D eigenvalue weighted by molar-refractivity contribution is 0.0953. The van der Waals surface area contributed by atoms with E-state index < -0.39 is 0 Å². The van der Waals surface area contributed by atoms with Crippen LogP contribution in [0.1, 0.15) is 35.5 Å². The van der Waals surface area contributed by atoms with Crippen molar-refractivity contribution in [3.05, 3.63) is 46.2 Å². The Labute approximate surface area is 141 Å². The predicted molar refractivity (Wildman–Crippen MR) is 93.8 cm³/mol. The zero-order valence-electron chi connectivity index (χ0n) is 13.6. The summed E-state index contributed by atoms with van der Waals surface area (Å²) in [5.41, 5.74) is 0.587. The zero-order chi connectivity index (χ0) is 16.5. The monoisotopic (exact) mass is 333 g/mol. The van der Waals surface area contributed by atoms with Crippen molar-refractivity contribution in [1.82, 2.24) is 5.32 Å². The maximum Gasteiger partial charge on any atom is 0.251 e. The molecule has 0 aliphatic rings. The third-order valence-corrected chi connectivity index (χ3v) is 4.14. The molecule has 4 nitrogen and oxygen atoms in total. The van der Waals surface area contributed by atoms with Gasteiger partial charge in [-0.3, -0.25) is 4.79 Å². The third-order valence-electron chi connectivity index (χ3n) is 3.20. The van der Waals surface area contributed by atoms with Gasteiger partial charge in [0.1, 0.15) is 0 Å². The van der Waals surface area contributed by atoms with Gasteiger partial charge in [0.05, 0.1) is 13.2 Å². The Morgan fingerprint density at radius 1 is 1.17 bits per heavy atom. The molecule has 1 N–H and O–H groups in total. The summed E-state index contributed by atoms with van der Waals surface area (Å²) in [5, 5.41) is 4.98. The number of carbonyl (C=O) groups excluding carboxylic acids is 1. The van der Waals surface area contributed by atoms with Crippen LogP contribution in [0.25, 0.3) is 0 Å². The molecule has 0 saturated carbocycles.